The van der Waals surface area contributed by atoms with Crippen LogP contribution in [0.2, 0.25) is 0 Å². The standard InChI is InChI=1S/C15H21Cl/c1-4-14-13(11(2)16)9-10-15(14,3)12-7-5-6-8-12/h4,12H,1-2,5-10H2,3H3. The molecule has 0 bridgehead atoms. The molecule has 0 radical (unpaired) electrons. The molecule has 2 rings (SSSR count). The maximum absolute atomic E-state index is 6.09. The normalized spacial score (nSPS) is 31.1. The van der Waals surface area contributed by atoms with Gasteiger partial charge >= 0.3 is 0 Å². The molecule has 2 aliphatic carbocycles. The molecule has 1 saturated carbocycles. The fourth-order valence-electron chi connectivity index (χ4n) is 3.62. The number of rotatable bonds is 3. The van der Waals surface area contributed by atoms with Crippen molar-refractivity contribution in [1.82, 2.24) is 0 Å². The summed E-state index contributed by atoms with van der Waals surface area (Å²) in [6.07, 6.45) is 9.85. The van der Waals surface area contributed by atoms with Gasteiger partial charge in [0.2, 0.25) is 0 Å². The molecule has 0 amide bonds. The monoisotopic (exact) mass is 236 g/mol. The average molecular weight is 237 g/mol. The quantitative estimate of drug-likeness (QED) is 0.631. The Kier molecular flexibility index (Phi) is 3.30. The van der Waals surface area contributed by atoms with Gasteiger partial charge in [0.05, 0.1) is 0 Å². The van der Waals surface area contributed by atoms with Crippen LogP contribution in [0.15, 0.2) is 35.4 Å². The van der Waals surface area contributed by atoms with Gasteiger partial charge in [0.1, 0.15) is 0 Å². The smallest absolute Gasteiger partial charge is 0.0369 e. The summed E-state index contributed by atoms with van der Waals surface area (Å²) < 4.78 is 0. The third-order valence-electron chi connectivity index (χ3n) is 4.62. The maximum atomic E-state index is 6.09. The Bertz CT molecular complexity index is 344. The highest BCUT2D eigenvalue weighted by atomic mass is 35.5. The van der Waals surface area contributed by atoms with E-state index in [9.17, 15) is 0 Å². The first-order valence-corrected chi connectivity index (χ1v) is 6.68. The molecule has 1 atom stereocenters. The van der Waals surface area contributed by atoms with Gasteiger partial charge in [-0.15, -0.1) is 0 Å². The van der Waals surface area contributed by atoms with Gasteiger partial charge < -0.3 is 0 Å². The lowest BCUT2D eigenvalue weighted by Gasteiger charge is -2.33. The van der Waals surface area contributed by atoms with Crippen LogP contribution in [-0.2, 0) is 0 Å². The molecule has 0 saturated heterocycles. The third-order valence-corrected chi connectivity index (χ3v) is 4.85. The highest BCUT2D eigenvalue weighted by Gasteiger charge is 2.42. The van der Waals surface area contributed by atoms with Gasteiger partial charge in [-0.2, -0.15) is 0 Å². The predicted molar refractivity (Wildman–Crippen MR) is 71.5 cm³/mol. The summed E-state index contributed by atoms with van der Waals surface area (Å²) in [6, 6.07) is 0. The van der Waals surface area contributed by atoms with Gasteiger partial charge in [-0.1, -0.05) is 50.6 Å². The van der Waals surface area contributed by atoms with Crippen LogP contribution in [0.5, 0.6) is 0 Å². The molecule has 2 aliphatic rings. The minimum absolute atomic E-state index is 0.311. The number of halogens is 1. The molecule has 0 N–H and O–H groups in total. The Morgan fingerprint density at radius 2 is 2.06 bits per heavy atom. The van der Waals surface area contributed by atoms with E-state index in [1.165, 1.54) is 43.3 Å². The predicted octanol–water partition coefficient (Wildman–Crippen LogP) is 5.21. The molecule has 0 aromatic rings. The van der Waals surface area contributed by atoms with Crippen molar-refractivity contribution in [3.05, 3.63) is 35.4 Å². The summed E-state index contributed by atoms with van der Waals surface area (Å²) in [7, 11) is 0. The van der Waals surface area contributed by atoms with Crippen molar-refractivity contribution >= 4 is 11.6 Å². The van der Waals surface area contributed by atoms with E-state index in [1.54, 1.807) is 0 Å². The van der Waals surface area contributed by atoms with E-state index < -0.39 is 0 Å². The van der Waals surface area contributed by atoms with Crippen LogP contribution in [0, 0.1) is 11.3 Å². The largest absolute Gasteiger partial charge is 0.0988 e. The van der Waals surface area contributed by atoms with Gasteiger partial charge in [0.15, 0.2) is 0 Å². The Morgan fingerprint density at radius 3 is 2.56 bits per heavy atom. The summed E-state index contributed by atoms with van der Waals surface area (Å²) in [5.74, 6) is 0.828. The van der Waals surface area contributed by atoms with Gasteiger partial charge in [-0.25, -0.2) is 0 Å². The third kappa shape index (κ3) is 1.78. The molecule has 1 fully saturated rings. The molecule has 0 aliphatic heterocycles. The van der Waals surface area contributed by atoms with Crippen LogP contribution in [0.25, 0.3) is 0 Å². The summed E-state index contributed by atoms with van der Waals surface area (Å²) in [5, 5.41) is 0.719. The fraction of sp³-hybridized carbons (Fsp3) is 0.600. The zero-order valence-electron chi connectivity index (χ0n) is 10.2. The highest BCUT2D eigenvalue weighted by molar-refractivity contribution is 6.31. The number of hydrogen-bond acceptors (Lipinski definition) is 0. The van der Waals surface area contributed by atoms with Crippen molar-refractivity contribution in [2.24, 2.45) is 11.3 Å². The second-order valence-electron chi connectivity index (χ2n) is 5.40. The summed E-state index contributed by atoms with van der Waals surface area (Å²) in [5.41, 5.74) is 2.94. The van der Waals surface area contributed by atoms with Crippen LogP contribution >= 0.6 is 11.6 Å². The minimum atomic E-state index is 0.311. The summed E-state index contributed by atoms with van der Waals surface area (Å²) >= 11 is 6.09. The van der Waals surface area contributed by atoms with E-state index in [0.29, 0.717) is 5.41 Å². The van der Waals surface area contributed by atoms with Gasteiger partial charge in [-0.3, -0.25) is 0 Å². The molecule has 0 aromatic carbocycles. The molecule has 16 heavy (non-hydrogen) atoms. The molecule has 0 nitrogen and oxygen atoms in total. The molecule has 0 spiro atoms. The summed E-state index contributed by atoms with van der Waals surface area (Å²) in [6.45, 7) is 10.3. The Labute approximate surface area is 104 Å². The van der Waals surface area contributed by atoms with Crippen LogP contribution < -0.4 is 0 Å². The molecule has 0 heterocycles. The first-order valence-electron chi connectivity index (χ1n) is 6.30. The molecule has 1 heteroatoms. The fourth-order valence-corrected chi connectivity index (χ4v) is 3.82. The second-order valence-corrected chi connectivity index (χ2v) is 5.86. The zero-order valence-corrected chi connectivity index (χ0v) is 10.9. The Hall–Kier alpha value is -0.490. The maximum Gasteiger partial charge on any atom is 0.0369 e. The van der Waals surface area contributed by atoms with Crippen LogP contribution in [-0.4, -0.2) is 0 Å². The molecular weight excluding hydrogens is 216 g/mol. The highest BCUT2D eigenvalue weighted by Crippen LogP contribution is 2.54. The van der Waals surface area contributed by atoms with E-state index in [1.807, 2.05) is 6.08 Å². The van der Waals surface area contributed by atoms with Crippen LogP contribution in [0.1, 0.15) is 45.4 Å². The van der Waals surface area contributed by atoms with Crippen molar-refractivity contribution in [2.45, 2.75) is 45.4 Å². The second kappa shape index (κ2) is 4.41. The van der Waals surface area contributed by atoms with Gasteiger partial charge in [0, 0.05) is 5.03 Å². The first-order chi connectivity index (χ1) is 7.59. The van der Waals surface area contributed by atoms with Gasteiger partial charge in [0.25, 0.3) is 0 Å². The van der Waals surface area contributed by atoms with E-state index in [0.717, 1.165) is 17.4 Å². The van der Waals surface area contributed by atoms with E-state index in [4.69, 9.17) is 11.6 Å². The molecule has 88 valence electrons. The topological polar surface area (TPSA) is 0 Å². The Balaban J connectivity index is 2.35. The van der Waals surface area contributed by atoms with Crippen molar-refractivity contribution in [3.8, 4) is 0 Å². The lowest BCUT2D eigenvalue weighted by atomic mass is 9.71. The Morgan fingerprint density at radius 1 is 1.44 bits per heavy atom. The molecular formula is C15H21Cl. The first kappa shape index (κ1) is 12.0. The zero-order chi connectivity index (χ0) is 11.8. The average Bonchev–Trinajstić information content (AvgIpc) is 2.84. The SMILES string of the molecule is C=CC1=C(C(=C)Cl)CCC1(C)C1CCCC1. The van der Waals surface area contributed by atoms with Gasteiger partial charge in [-0.05, 0) is 48.2 Å². The summed E-state index contributed by atoms with van der Waals surface area (Å²) in [4.78, 5) is 0. The van der Waals surface area contributed by atoms with Crippen molar-refractivity contribution < 1.29 is 0 Å². The molecule has 0 aromatic heterocycles. The number of hydrogen-bond donors (Lipinski definition) is 0. The van der Waals surface area contributed by atoms with E-state index in [2.05, 4.69) is 20.1 Å². The van der Waals surface area contributed by atoms with Crippen LogP contribution in [0.4, 0.5) is 0 Å². The van der Waals surface area contributed by atoms with Crippen molar-refractivity contribution in [3.63, 3.8) is 0 Å². The lowest BCUT2D eigenvalue weighted by molar-refractivity contribution is 0.245. The van der Waals surface area contributed by atoms with Crippen molar-refractivity contribution in [1.29, 1.82) is 0 Å². The lowest BCUT2D eigenvalue weighted by Crippen LogP contribution is -2.24. The van der Waals surface area contributed by atoms with E-state index in [-0.39, 0.29) is 0 Å². The number of allylic oxidation sites excluding steroid dienone is 4. The van der Waals surface area contributed by atoms with E-state index >= 15 is 0 Å². The van der Waals surface area contributed by atoms with Crippen LogP contribution in [0.3, 0.4) is 0 Å². The minimum Gasteiger partial charge on any atom is -0.0988 e. The molecule has 1 unspecified atom stereocenters. The van der Waals surface area contributed by atoms with Crippen molar-refractivity contribution in [2.75, 3.05) is 0 Å².